The smallest absolute Gasteiger partial charge is 0.0167 e. The largest absolute Gasteiger partial charge is 0.298 e. The third kappa shape index (κ3) is 3.13. The Morgan fingerprint density at radius 1 is 0.955 bits per heavy atom. The van der Waals surface area contributed by atoms with Gasteiger partial charge in [-0.15, -0.1) is 0 Å². The van der Waals surface area contributed by atoms with Gasteiger partial charge in [0.15, 0.2) is 0 Å². The molecule has 118 valence electrons. The van der Waals surface area contributed by atoms with Gasteiger partial charge in [-0.2, -0.15) is 0 Å². The van der Waals surface area contributed by atoms with E-state index in [0.29, 0.717) is 0 Å². The maximum absolute atomic E-state index is 2.81. The molecule has 4 rings (SSSR count). The van der Waals surface area contributed by atoms with Gasteiger partial charge in [0, 0.05) is 38.8 Å². The summed E-state index contributed by atoms with van der Waals surface area (Å²) in [4.78, 5) is 5.41. The zero-order valence-corrected chi connectivity index (χ0v) is 13.5. The quantitative estimate of drug-likeness (QED) is 0.839. The third-order valence-corrected chi connectivity index (χ3v) is 6.05. The lowest BCUT2D eigenvalue weighted by atomic mass is 9.93. The normalized spacial score (nSPS) is 33.0. The highest BCUT2D eigenvalue weighted by molar-refractivity contribution is 5.48. The van der Waals surface area contributed by atoms with E-state index in [1.165, 1.54) is 57.4 Å². The van der Waals surface area contributed by atoms with Gasteiger partial charge in [0.1, 0.15) is 0 Å². The molecule has 1 aromatic carbocycles. The summed E-state index contributed by atoms with van der Waals surface area (Å²) in [5.41, 5.74) is 1.31. The maximum Gasteiger partial charge on any atom is 0.0167 e. The zero-order chi connectivity index (χ0) is 14.8. The molecule has 0 aromatic heterocycles. The Kier molecular flexibility index (Phi) is 4.31. The van der Waals surface area contributed by atoms with Gasteiger partial charge in [-0.3, -0.25) is 9.80 Å². The second kappa shape index (κ2) is 6.55. The van der Waals surface area contributed by atoms with Crippen LogP contribution in [-0.4, -0.2) is 48.6 Å². The Labute approximate surface area is 134 Å². The number of rotatable bonds is 4. The molecule has 0 radical (unpaired) electrons. The first-order chi connectivity index (χ1) is 10.9. The Hall–Kier alpha value is -1.12. The Morgan fingerprint density at radius 3 is 2.45 bits per heavy atom. The molecule has 0 amide bonds. The van der Waals surface area contributed by atoms with E-state index in [-0.39, 0.29) is 0 Å². The summed E-state index contributed by atoms with van der Waals surface area (Å²) in [5, 5.41) is 0. The summed E-state index contributed by atoms with van der Waals surface area (Å²) in [6.45, 7) is 6.15. The van der Waals surface area contributed by atoms with E-state index in [1.54, 1.807) is 0 Å². The summed E-state index contributed by atoms with van der Waals surface area (Å²) < 4.78 is 0. The van der Waals surface area contributed by atoms with E-state index < -0.39 is 0 Å². The minimum atomic E-state index is 0.931. The Morgan fingerprint density at radius 2 is 1.77 bits per heavy atom. The van der Waals surface area contributed by atoms with Gasteiger partial charge in [0.25, 0.3) is 0 Å². The number of piperazine rings is 1. The molecule has 3 unspecified atom stereocenters. The van der Waals surface area contributed by atoms with Crippen LogP contribution in [-0.2, 0) is 0 Å². The fourth-order valence-corrected chi connectivity index (χ4v) is 4.84. The monoisotopic (exact) mass is 296 g/mol. The van der Waals surface area contributed by atoms with E-state index >= 15 is 0 Å². The number of hydrogen-bond donors (Lipinski definition) is 0. The van der Waals surface area contributed by atoms with Crippen molar-refractivity contribution in [2.45, 2.75) is 31.7 Å². The van der Waals surface area contributed by atoms with E-state index in [9.17, 15) is 0 Å². The zero-order valence-electron chi connectivity index (χ0n) is 13.5. The molecule has 0 spiro atoms. The molecule has 1 aliphatic heterocycles. The average Bonchev–Trinajstić information content (AvgIpc) is 3.20. The first kappa shape index (κ1) is 14.5. The predicted molar refractivity (Wildman–Crippen MR) is 92.7 cm³/mol. The third-order valence-electron chi connectivity index (χ3n) is 6.05. The van der Waals surface area contributed by atoms with E-state index in [1.807, 2.05) is 0 Å². The predicted octanol–water partition coefficient (Wildman–Crippen LogP) is 3.51. The van der Waals surface area contributed by atoms with Gasteiger partial charge in [-0.05, 0) is 36.7 Å². The van der Waals surface area contributed by atoms with Crippen LogP contribution in [0.25, 0.3) is 6.08 Å². The lowest BCUT2D eigenvalue weighted by Gasteiger charge is -2.40. The van der Waals surface area contributed by atoms with Crippen LogP contribution >= 0.6 is 0 Å². The summed E-state index contributed by atoms with van der Waals surface area (Å²) >= 11 is 0. The molecular formula is C20H28N2. The van der Waals surface area contributed by atoms with Crippen molar-refractivity contribution >= 4 is 6.08 Å². The topological polar surface area (TPSA) is 6.48 Å². The lowest BCUT2D eigenvalue weighted by molar-refractivity contribution is 0.0765. The van der Waals surface area contributed by atoms with Crippen LogP contribution in [0.2, 0.25) is 0 Å². The SMILES string of the molecule is C(=C\c1ccccc1)/CN1CCN(C2CC3CCC2C3)CC1. The minimum Gasteiger partial charge on any atom is -0.298 e. The van der Waals surface area contributed by atoms with Gasteiger partial charge in [0.05, 0.1) is 0 Å². The minimum absolute atomic E-state index is 0.931. The van der Waals surface area contributed by atoms with Gasteiger partial charge >= 0.3 is 0 Å². The molecular weight excluding hydrogens is 268 g/mol. The lowest BCUT2D eigenvalue weighted by Crippen LogP contribution is -2.51. The molecule has 1 aromatic rings. The number of benzene rings is 1. The van der Waals surface area contributed by atoms with Crippen molar-refractivity contribution in [3.05, 3.63) is 42.0 Å². The first-order valence-electron chi connectivity index (χ1n) is 9.06. The first-order valence-corrected chi connectivity index (χ1v) is 9.06. The number of nitrogens with zero attached hydrogens (tertiary/aromatic N) is 2. The molecule has 1 saturated heterocycles. The number of fused-ring (bicyclic) bond motifs is 2. The summed E-state index contributed by atoms with van der Waals surface area (Å²) in [5.74, 6) is 2.11. The molecule has 0 N–H and O–H groups in total. The molecule has 3 fully saturated rings. The fourth-order valence-electron chi connectivity index (χ4n) is 4.84. The van der Waals surface area contributed by atoms with E-state index in [4.69, 9.17) is 0 Å². The van der Waals surface area contributed by atoms with Crippen LogP contribution in [0.1, 0.15) is 31.2 Å². The highest BCUT2D eigenvalue weighted by Gasteiger charge is 2.42. The van der Waals surface area contributed by atoms with Crippen molar-refractivity contribution in [1.82, 2.24) is 9.80 Å². The van der Waals surface area contributed by atoms with Gasteiger partial charge < -0.3 is 0 Å². The van der Waals surface area contributed by atoms with Crippen LogP contribution in [0.4, 0.5) is 0 Å². The standard InChI is InChI=1S/C20H28N2/c1-2-5-17(6-3-1)7-4-10-21-11-13-22(14-12-21)20-16-18-8-9-19(20)15-18/h1-7,18-20H,8-16H2/b7-4+. The second-order valence-corrected chi connectivity index (χ2v) is 7.39. The van der Waals surface area contributed by atoms with Crippen molar-refractivity contribution in [1.29, 1.82) is 0 Å². The van der Waals surface area contributed by atoms with Crippen LogP contribution in [0.5, 0.6) is 0 Å². The molecule has 22 heavy (non-hydrogen) atoms. The average molecular weight is 296 g/mol. The van der Waals surface area contributed by atoms with Gasteiger partial charge in [-0.25, -0.2) is 0 Å². The molecule has 2 aliphatic carbocycles. The molecule has 2 nitrogen and oxygen atoms in total. The highest BCUT2D eigenvalue weighted by Crippen LogP contribution is 2.46. The van der Waals surface area contributed by atoms with Gasteiger partial charge in [0.2, 0.25) is 0 Å². The Balaban J connectivity index is 1.23. The molecule has 2 saturated carbocycles. The number of hydrogen-bond acceptors (Lipinski definition) is 2. The van der Waals surface area contributed by atoms with E-state index in [0.717, 1.165) is 24.4 Å². The van der Waals surface area contributed by atoms with Crippen molar-refractivity contribution in [2.24, 2.45) is 11.8 Å². The second-order valence-electron chi connectivity index (χ2n) is 7.39. The van der Waals surface area contributed by atoms with E-state index in [2.05, 4.69) is 52.3 Å². The fraction of sp³-hybridized carbons (Fsp3) is 0.600. The van der Waals surface area contributed by atoms with Crippen molar-refractivity contribution in [3.8, 4) is 0 Å². The van der Waals surface area contributed by atoms with Crippen LogP contribution in [0.15, 0.2) is 36.4 Å². The van der Waals surface area contributed by atoms with Crippen molar-refractivity contribution in [3.63, 3.8) is 0 Å². The van der Waals surface area contributed by atoms with Crippen LogP contribution in [0, 0.1) is 11.8 Å². The van der Waals surface area contributed by atoms with Crippen molar-refractivity contribution < 1.29 is 0 Å². The molecule has 1 heterocycles. The maximum atomic E-state index is 2.81. The highest BCUT2D eigenvalue weighted by atomic mass is 15.3. The van der Waals surface area contributed by atoms with Crippen LogP contribution in [0.3, 0.4) is 0 Å². The molecule has 3 atom stereocenters. The van der Waals surface area contributed by atoms with Crippen molar-refractivity contribution in [2.75, 3.05) is 32.7 Å². The van der Waals surface area contributed by atoms with Crippen LogP contribution < -0.4 is 0 Å². The Bertz CT molecular complexity index is 502. The summed E-state index contributed by atoms with van der Waals surface area (Å²) in [6, 6.07) is 11.6. The molecule has 2 bridgehead atoms. The summed E-state index contributed by atoms with van der Waals surface area (Å²) in [7, 11) is 0. The molecule has 3 aliphatic rings. The summed E-state index contributed by atoms with van der Waals surface area (Å²) in [6.07, 6.45) is 10.6. The molecule has 2 heteroatoms. The van der Waals surface area contributed by atoms with Gasteiger partial charge in [-0.1, -0.05) is 48.9 Å².